The molecular formula is C60H49N2P3S3. The number of rotatable bonds is 9. The van der Waals surface area contributed by atoms with Gasteiger partial charge in [-0.15, -0.1) is 0 Å². The first-order chi connectivity index (χ1) is 33.0. The van der Waals surface area contributed by atoms with Crippen LogP contribution in [-0.4, -0.2) is 31.1 Å². The van der Waals surface area contributed by atoms with Crippen LogP contribution in [0.15, 0.2) is 200 Å². The Balaban J connectivity index is 1.18. The van der Waals surface area contributed by atoms with Crippen LogP contribution in [0.1, 0.15) is 13.8 Å². The highest BCUT2D eigenvalue weighted by Gasteiger charge is 2.51. The second-order valence-corrected chi connectivity index (χ2v) is 32.6. The maximum absolute atomic E-state index is 7.52. The molecule has 0 radical (unpaired) electrons. The summed E-state index contributed by atoms with van der Waals surface area (Å²) in [5.74, 6) is 0. The van der Waals surface area contributed by atoms with Gasteiger partial charge in [-0.2, -0.15) is 0 Å². The molecule has 9 aromatic carbocycles. The van der Waals surface area contributed by atoms with Gasteiger partial charge in [0.15, 0.2) is 0 Å². The van der Waals surface area contributed by atoms with Gasteiger partial charge in [0.1, 0.15) is 0 Å². The van der Waals surface area contributed by atoms with Crippen LogP contribution in [0.4, 0.5) is 17.1 Å². The summed E-state index contributed by atoms with van der Waals surface area (Å²) in [5, 5.41) is 7.43. The molecule has 0 saturated carbocycles. The van der Waals surface area contributed by atoms with Gasteiger partial charge in [-0.1, -0.05) is 195 Å². The molecule has 68 heavy (non-hydrogen) atoms. The molecule has 332 valence electrons. The Labute approximate surface area is 416 Å². The van der Waals surface area contributed by atoms with E-state index in [1.54, 1.807) is 0 Å². The number of nitrogens with zero attached hydrogens (tertiary/aromatic N) is 2. The van der Waals surface area contributed by atoms with Crippen molar-refractivity contribution in [2.45, 2.75) is 13.8 Å². The first kappa shape index (κ1) is 43.9. The van der Waals surface area contributed by atoms with Crippen molar-refractivity contribution in [1.29, 1.82) is 0 Å². The summed E-state index contributed by atoms with van der Waals surface area (Å²) in [6, 6.07) is 68.8. The highest BCUT2D eigenvalue weighted by molar-refractivity contribution is 8.24. The monoisotopic (exact) mass is 986 g/mol. The van der Waals surface area contributed by atoms with Crippen LogP contribution in [0.3, 0.4) is 0 Å². The number of anilines is 3. The molecule has 3 aliphatic heterocycles. The molecule has 3 heterocycles. The van der Waals surface area contributed by atoms with E-state index in [4.69, 9.17) is 35.4 Å². The second-order valence-electron chi connectivity index (χ2n) is 18.3. The lowest BCUT2D eigenvalue weighted by atomic mass is 9.97. The third kappa shape index (κ3) is 6.77. The minimum atomic E-state index is -2.73. The number of hydrogen-bond acceptors (Lipinski definition) is 4. The summed E-state index contributed by atoms with van der Waals surface area (Å²) in [6.45, 7) is 10.9. The first-order valence-corrected chi connectivity index (χ1v) is 32.6. The molecule has 0 bridgehead atoms. The van der Waals surface area contributed by atoms with Gasteiger partial charge < -0.3 is 4.90 Å². The normalized spacial score (nSPS) is 19.5. The summed E-state index contributed by atoms with van der Waals surface area (Å²) in [7, 11) is 0. The molecule has 0 saturated heterocycles. The predicted octanol–water partition coefficient (Wildman–Crippen LogP) is 13.9. The Bertz CT molecular complexity index is 3490. The molecule has 2 atom stereocenters. The quantitative estimate of drug-likeness (QED) is 0.133. The van der Waals surface area contributed by atoms with Crippen molar-refractivity contribution in [3.05, 3.63) is 200 Å². The Morgan fingerprint density at radius 2 is 0.574 bits per heavy atom. The lowest BCUT2D eigenvalue weighted by Crippen LogP contribution is -2.51. The van der Waals surface area contributed by atoms with Gasteiger partial charge in [0.05, 0.1) is 23.3 Å². The minimum absolute atomic E-state index is 0.826. The van der Waals surface area contributed by atoms with E-state index >= 15 is 0 Å². The van der Waals surface area contributed by atoms with Crippen molar-refractivity contribution in [2.24, 2.45) is 0 Å². The third-order valence-electron chi connectivity index (χ3n) is 14.4. The predicted molar refractivity (Wildman–Crippen MR) is 309 cm³/mol. The molecule has 2 nitrogen and oxygen atoms in total. The van der Waals surface area contributed by atoms with Gasteiger partial charge >= 0.3 is 0 Å². The van der Waals surface area contributed by atoms with Crippen molar-refractivity contribution < 1.29 is 0 Å². The van der Waals surface area contributed by atoms with Gasteiger partial charge in [0, 0.05) is 57.0 Å². The zero-order valence-electron chi connectivity index (χ0n) is 38.4. The van der Waals surface area contributed by atoms with Crippen molar-refractivity contribution >= 4 is 103 Å². The molecule has 12 rings (SSSR count). The zero-order valence-corrected chi connectivity index (χ0v) is 43.6. The third-order valence-corrected chi connectivity index (χ3v) is 27.0. The van der Waals surface area contributed by atoms with Crippen molar-refractivity contribution in [1.82, 2.24) is 4.67 Å². The van der Waals surface area contributed by atoms with E-state index in [0.29, 0.717) is 0 Å². The van der Waals surface area contributed by atoms with Crippen LogP contribution in [0.5, 0.6) is 0 Å². The molecule has 0 spiro atoms. The SMILES string of the molecule is CCN(CC)P1(=S)c2cc(-c3cccc(-c4ccccc4)c3)cc3c2N2c4c(cc(-c5cccc(-c6ccccc6)c5)cc4P(C)(=S)c4cc(-c5cccc(-c6ccccc6)c5)cc1c42)P3(C)=S. The minimum Gasteiger partial charge on any atom is -0.306 e. The highest BCUT2D eigenvalue weighted by atomic mass is 32.4. The second kappa shape index (κ2) is 16.7. The van der Waals surface area contributed by atoms with Crippen molar-refractivity contribution in [3.8, 4) is 66.8 Å². The summed E-state index contributed by atoms with van der Waals surface area (Å²) in [6.07, 6.45) is -2.73. The first-order valence-electron chi connectivity index (χ1n) is 23.4. The van der Waals surface area contributed by atoms with E-state index < -0.39 is 18.3 Å². The molecule has 8 heteroatoms. The van der Waals surface area contributed by atoms with Crippen LogP contribution in [-0.2, 0) is 35.4 Å². The Hall–Kier alpha value is -5.31. The average Bonchev–Trinajstić information content (AvgIpc) is 3.39. The molecule has 0 amide bonds. The Morgan fingerprint density at radius 1 is 0.324 bits per heavy atom. The van der Waals surface area contributed by atoms with Gasteiger partial charge in [-0.3, -0.25) is 4.67 Å². The standard InChI is InChI=1S/C60H49N2P3S3/c1-5-61(6-2)65(68)56-38-50(47-29-17-26-44(32-47)41-21-12-8-13-22-41)36-54-59(56)62-58-52(63(54,3)66)34-49(46-28-16-25-43(31-46)40-19-10-7-11-20-40)35-53(58)64(4,67)55-37-51(39-57(65)60(55)62)48-30-18-27-45(33-48)42-23-14-9-15-24-42/h7-39H,5-6H2,1-4H3. The molecule has 0 fully saturated rings. The Morgan fingerprint density at radius 3 is 0.868 bits per heavy atom. The number of benzene rings is 9. The van der Waals surface area contributed by atoms with E-state index in [2.05, 4.69) is 237 Å². The van der Waals surface area contributed by atoms with Gasteiger partial charge in [-0.25, -0.2) is 0 Å². The topological polar surface area (TPSA) is 6.48 Å². The lowest BCUT2D eigenvalue weighted by Gasteiger charge is -2.53. The average molecular weight is 987 g/mol. The van der Waals surface area contributed by atoms with E-state index in [-0.39, 0.29) is 0 Å². The molecular weight excluding hydrogens is 938 g/mol. The van der Waals surface area contributed by atoms with E-state index in [1.165, 1.54) is 105 Å². The highest BCUT2D eigenvalue weighted by Crippen LogP contribution is 2.66. The number of hydrogen-bond donors (Lipinski definition) is 0. The Kier molecular flexibility index (Phi) is 10.8. The maximum atomic E-state index is 7.52. The van der Waals surface area contributed by atoms with Gasteiger partial charge in [0.2, 0.25) is 0 Å². The summed E-state index contributed by atoms with van der Waals surface area (Å²) in [4.78, 5) is 2.62. The van der Waals surface area contributed by atoms with E-state index in [1.807, 2.05) is 0 Å². The van der Waals surface area contributed by atoms with Gasteiger partial charge in [-0.05, 0) is 135 Å². The van der Waals surface area contributed by atoms with Crippen LogP contribution in [0.2, 0.25) is 0 Å². The van der Waals surface area contributed by atoms with Crippen LogP contribution < -0.4 is 36.7 Å². The summed E-state index contributed by atoms with van der Waals surface area (Å²) < 4.78 is 2.60. The van der Waals surface area contributed by atoms with E-state index in [0.717, 1.165) is 24.2 Å². The van der Waals surface area contributed by atoms with Crippen LogP contribution in [0.25, 0.3) is 66.8 Å². The fourth-order valence-corrected chi connectivity index (χ4v) is 22.3. The van der Waals surface area contributed by atoms with Crippen molar-refractivity contribution in [2.75, 3.05) is 31.3 Å². The van der Waals surface area contributed by atoms with E-state index in [9.17, 15) is 0 Å². The molecule has 9 aromatic rings. The summed E-state index contributed by atoms with van der Waals surface area (Å²) in [5.41, 5.74) is 17.8. The fraction of sp³-hybridized carbons (Fsp3) is 0.100. The van der Waals surface area contributed by atoms with Crippen LogP contribution >= 0.6 is 18.3 Å². The molecule has 0 N–H and O–H groups in total. The lowest BCUT2D eigenvalue weighted by molar-refractivity contribution is 0.513. The zero-order chi connectivity index (χ0) is 46.5. The van der Waals surface area contributed by atoms with Gasteiger partial charge in [0.25, 0.3) is 0 Å². The summed E-state index contributed by atoms with van der Waals surface area (Å²) >= 11 is 22.0. The molecule has 0 aliphatic carbocycles. The van der Waals surface area contributed by atoms with Crippen LogP contribution in [0, 0.1) is 0 Å². The smallest absolute Gasteiger partial charge is 0.0752 e. The molecule has 3 aliphatic rings. The molecule has 2 unspecified atom stereocenters. The maximum Gasteiger partial charge on any atom is 0.0752 e. The molecule has 0 aromatic heterocycles. The van der Waals surface area contributed by atoms with Crippen molar-refractivity contribution in [3.63, 3.8) is 0 Å². The largest absolute Gasteiger partial charge is 0.306 e. The fourth-order valence-electron chi connectivity index (χ4n) is 10.9.